The third-order valence-corrected chi connectivity index (χ3v) is 3.73. The highest BCUT2D eigenvalue weighted by Gasteiger charge is 2.26. The van der Waals surface area contributed by atoms with Gasteiger partial charge in [0.25, 0.3) is 11.5 Å². The fourth-order valence-corrected chi connectivity index (χ4v) is 2.33. The maximum Gasteiger partial charge on any atom is 0.297 e. The van der Waals surface area contributed by atoms with Gasteiger partial charge in [0.1, 0.15) is 17.7 Å². The van der Waals surface area contributed by atoms with Crippen molar-refractivity contribution in [1.82, 2.24) is 9.55 Å². The van der Waals surface area contributed by atoms with Crippen LogP contribution in [0.1, 0.15) is 36.7 Å². The molecule has 2 aromatic rings. The fourth-order valence-electron chi connectivity index (χ4n) is 2.33. The molecule has 1 aliphatic rings. The minimum atomic E-state index is 0.541. The molecule has 0 aliphatic heterocycles. The molecule has 1 fully saturated rings. The molecule has 0 aromatic carbocycles. The second kappa shape index (κ2) is 3.56. The molecule has 0 unspecified atom stereocenters. The Kier molecular flexibility index (Phi) is 2.15. The molecule has 2 heterocycles. The Balaban J connectivity index is 2.29. The Morgan fingerprint density at radius 3 is 2.88 bits per heavy atom. The average Bonchev–Trinajstić information content (AvgIpc) is 2.56. The minimum absolute atomic E-state index is 0.541. The lowest BCUT2D eigenvalue weighted by atomic mass is 9.93. The van der Waals surface area contributed by atoms with E-state index in [2.05, 4.69) is 15.6 Å². The molecule has 0 radical (unpaired) electrons. The predicted octanol–water partition coefficient (Wildman–Crippen LogP) is 1.77. The summed E-state index contributed by atoms with van der Waals surface area (Å²) in [5.74, 6) is 0.973. The maximum absolute atomic E-state index is 9.18. The lowest BCUT2D eigenvalue weighted by Gasteiger charge is -2.26. The number of aromatic nitrogens is 3. The van der Waals surface area contributed by atoms with Gasteiger partial charge in [-0.1, -0.05) is 0 Å². The highest BCUT2D eigenvalue weighted by Crippen LogP contribution is 2.34. The van der Waals surface area contributed by atoms with E-state index in [0.717, 1.165) is 22.4 Å². The number of hydrogen-bond acceptors (Lipinski definition) is 2. The van der Waals surface area contributed by atoms with Crippen molar-refractivity contribution in [2.45, 2.75) is 32.2 Å². The van der Waals surface area contributed by atoms with Crippen LogP contribution in [0.25, 0.3) is 11.0 Å². The predicted molar refractivity (Wildman–Crippen MR) is 63.2 cm³/mol. The number of rotatable bonds is 1. The lowest BCUT2D eigenvalue weighted by Crippen LogP contribution is -2.32. The van der Waals surface area contributed by atoms with Gasteiger partial charge < -0.3 is 4.57 Å². The first-order valence-electron chi connectivity index (χ1n) is 5.98. The first kappa shape index (κ1) is 10.3. The Morgan fingerprint density at radius 1 is 1.53 bits per heavy atom. The summed E-state index contributed by atoms with van der Waals surface area (Å²) in [4.78, 5) is 4.62. The van der Waals surface area contributed by atoms with Crippen molar-refractivity contribution in [3.63, 3.8) is 0 Å². The third kappa shape index (κ3) is 1.42. The van der Waals surface area contributed by atoms with Crippen LogP contribution in [0.3, 0.4) is 0 Å². The molecule has 0 saturated heterocycles. The van der Waals surface area contributed by atoms with Crippen molar-refractivity contribution in [3.8, 4) is 6.07 Å². The van der Waals surface area contributed by atoms with Gasteiger partial charge in [-0.3, -0.25) is 0 Å². The highest BCUT2D eigenvalue weighted by atomic mass is 15.1. The zero-order valence-corrected chi connectivity index (χ0v) is 10.1. The first-order chi connectivity index (χ1) is 8.20. The Labute approximate surface area is 100 Å². The van der Waals surface area contributed by atoms with Gasteiger partial charge in [0.2, 0.25) is 0 Å². The van der Waals surface area contributed by atoms with Crippen LogP contribution >= 0.6 is 0 Å². The summed E-state index contributed by atoms with van der Waals surface area (Å²) in [6.07, 6.45) is 7.66. The summed E-state index contributed by atoms with van der Waals surface area (Å²) in [5, 5.41) is 10.1. The summed E-state index contributed by atoms with van der Waals surface area (Å²) < 4.78 is 4.15. The summed E-state index contributed by atoms with van der Waals surface area (Å²) >= 11 is 0. The maximum atomic E-state index is 9.18. The smallest absolute Gasteiger partial charge is 0.297 e. The molecule has 4 nitrogen and oxygen atoms in total. The second-order valence-electron chi connectivity index (χ2n) is 4.78. The fraction of sp³-hybridized carbons (Fsp3) is 0.462. The van der Waals surface area contributed by atoms with Crippen LogP contribution in [0.2, 0.25) is 0 Å². The van der Waals surface area contributed by atoms with E-state index in [9.17, 15) is 5.26 Å². The molecule has 0 bridgehead atoms. The molecule has 0 spiro atoms. The van der Waals surface area contributed by atoms with E-state index in [-0.39, 0.29) is 0 Å². The van der Waals surface area contributed by atoms with Gasteiger partial charge in [0, 0.05) is 19.2 Å². The van der Waals surface area contributed by atoms with Crippen molar-refractivity contribution in [1.29, 1.82) is 5.26 Å². The molecule has 2 aromatic heterocycles. The van der Waals surface area contributed by atoms with Gasteiger partial charge in [-0.2, -0.15) is 5.26 Å². The second-order valence-corrected chi connectivity index (χ2v) is 4.78. The molecule has 17 heavy (non-hydrogen) atoms. The summed E-state index contributed by atoms with van der Waals surface area (Å²) in [6.45, 7) is 1.99. The van der Waals surface area contributed by atoms with E-state index < -0.39 is 0 Å². The van der Waals surface area contributed by atoms with E-state index in [1.54, 1.807) is 0 Å². The highest BCUT2D eigenvalue weighted by molar-refractivity contribution is 5.82. The van der Waals surface area contributed by atoms with Crippen LogP contribution in [0, 0.1) is 18.3 Å². The van der Waals surface area contributed by atoms with E-state index in [4.69, 9.17) is 0 Å². The summed E-state index contributed by atoms with van der Waals surface area (Å²) in [5.41, 5.74) is 1.69. The van der Waals surface area contributed by atoms with Gasteiger partial charge >= 0.3 is 0 Å². The molecule has 1 saturated carbocycles. The number of aryl methyl sites for hydroxylation is 2. The monoisotopic (exact) mass is 227 g/mol. The molecule has 0 amide bonds. The van der Waals surface area contributed by atoms with Gasteiger partial charge in [0.15, 0.2) is 0 Å². The van der Waals surface area contributed by atoms with Crippen LogP contribution in [0.4, 0.5) is 0 Å². The first-order valence-corrected chi connectivity index (χ1v) is 5.98. The molecular formula is C13H15N4+. The van der Waals surface area contributed by atoms with Crippen molar-refractivity contribution >= 4 is 11.0 Å². The summed E-state index contributed by atoms with van der Waals surface area (Å²) in [6, 6.07) is 2.81. The Bertz CT molecular complexity index is 629. The molecule has 3 rings (SSSR count). The standard InChI is InChI=1S/C13H15N4/c1-9-15-13-12(8-16(9)2)10(6-14)7-17(13)11-4-3-5-11/h7-8,11H,3-5H2,1-2H3/q+1. The van der Waals surface area contributed by atoms with Crippen molar-refractivity contribution in [2.24, 2.45) is 7.05 Å². The SMILES string of the molecule is Cc1nc2c(c[n+]1C)c(C#N)cn2C1CCC1. The van der Waals surface area contributed by atoms with E-state index in [1.807, 2.05) is 30.9 Å². The van der Waals surface area contributed by atoms with Crippen LogP contribution in [0.15, 0.2) is 12.4 Å². The molecule has 4 heteroatoms. The van der Waals surface area contributed by atoms with Gasteiger partial charge in [-0.05, 0) is 24.2 Å². The normalized spacial score (nSPS) is 15.8. The quantitative estimate of drug-likeness (QED) is 0.697. The molecular weight excluding hydrogens is 212 g/mol. The van der Waals surface area contributed by atoms with Crippen molar-refractivity contribution in [2.75, 3.05) is 0 Å². The minimum Gasteiger partial charge on any atom is -0.307 e. The lowest BCUT2D eigenvalue weighted by molar-refractivity contribution is -0.679. The number of hydrogen-bond donors (Lipinski definition) is 0. The van der Waals surface area contributed by atoms with Crippen molar-refractivity contribution in [3.05, 3.63) is 23.8 Å². The topological polar surface area (TPSA) is 45.5 Å². The molecule has 1 aliphatic carbocycles. The summed E-state index contributed by atoms with van der Waals surface area (Å²) in [7, 11) is 1.96. The zero-order chi connectivity index (χ0) is 12.0. The van der Waals surface area contributed by atoms with Crippen molar-refractivity contribution < 1.29 is 4.57 Å². The van der Waals surface area contributed by atoms with Crippen LogP contribution in [-0.4, -0.2) is 9.55 Å². The van der Waals surface area contributed by atoms with E-state index in [0.29, 0.717) is 6.04 Å². The number of nitriles is 1. The number of fused-ring (bicyclic) bond motifs is 1. The Morgan fingerprint density at radius 2 is 2.29 bits per heavy atom. The molecule has 0 N–H and O–H groups in total. The van der Waals surface area contributed by atoms with E-state index in [1.165, 1.54) is 19.3 Å². The zero-order valence-electron chi connectivity index (χ0n) is 10.1. The van der Waals surface area contributed by atoms with Crippen LogP contribution in [0.5, 0.6) is 0 Å². The third-order valence-electron chi connectivity index (χ3n) is 3.73. The largest absolute Gasteiger partial charge is 0.307 e. The van der Waals surface area contributed by atoms with Crippen LogP contribution < -0.4 is 4.57 Å². The van der Waals surface area contributed by atoms with Gasteiger partial charge in [-0.15, -0.1) is 0 Å². The molecule has 0 atom stereocenters. The average molecular weight is 227 g/mol. The number of nitrogens with zero attached hydrogens (tertiary/aromatic N) is 4. The van der Waals surface area contributed by atoms with Gasteiger partial charge in [-0.25, -0.2) is 4.57 Å². The van der Waals surface area contributed by atoms with Gasteiger partial charge in [0.05, 0.1) is 12.6 Å². The van der Waals surface area contributed by atoms with Crippen LogP contribution in [-0.2, 0) is 7.05 Å². The Hall–Kier alpha value is -1.89. The molecule has 86 valence electrons. The van der Waals surface area contributed by atoms with E-state index >= 15 is 0 Å².